The Morgan fingerprint density at radius 2 is 1.82 bits per heavy atom. The first-order valence-electron chi connectivity index (χ1n) is 10.1. The monoisotopic (exact) mass is 443 g/mol. The van der Waals surface area contributed by atoms with Crippen LogP contribution in [0, 0.1) is 5.41 Å². The van der Waals surface area contributed by atoms with Gasteiger partial charge in [0, 0.05) is 48.7 Å². The molecule has 0 aromatic carbocycles. The number of aromatic amines is 1. The maximum atomic E-state index is 12.1. The highest BCUT2D eigenvalue weighted by molar-refractivity contribution is 6.14. The molecule has 6 N–H and O–H groups in total. The van der Waals surface area contributed by atoms with Gasteiger partial charge < -0.3 is 21.4 Å². The number of nitrogen functional groups attached to an aromatic ring is 1. The van der Waals surface area contributed by atoms with E-state index >= 15 is 0 Å². The number of rotatable bonds is 6. The van der Waals surface area contributed by atoms with Gasteiger partial charge in [-0.2, -0.15) is 0 Å². The van der Waals surface area contributed by atoms with Crippen molar-refractivity contribution in [2.45, 2.75) is 13.3 Å². The molecule has 0 saturated carbocycles. The minimum atomic E-state index is -0.330. The number of hydrogen-bond donors (Lipinski definition) is 5. The highest BCUT2D eigenvalue weighted by Crippen LogP contribution is 2.26. The zero-order valence-electron chi connectivity index (χ0n) is 17.9. The Morgan fingerprint density at radius 3 is 2.58 bits per heavy atom. The lowest BCUT2D eigenvalue weighted by molar-refractivity contribution is -0.115. The predicted molar refractivity (Wildman–Crippen MR) is 124 cm³/mol. The maximum absolute atomic E-state index is 12.1. The molecule has 166 valence electrons. The number of imidazole rings is 1. The van der Waals surface area contributed by atoms with E-state index < -0.39 is 0 Å². The fourth-order valence-corrected chi connectivity index (χ4v) is 3.23. The van der Waals surface area contributed by atoms with Crippen molar-refractivity contribution in [2.24, 2.45) is 0 Å². The number of fused-ring (bicyclic) bond motifs is 1. The van der Waals surface area contributed by atoms with Gasteiger partial charge in [-0.3, -0.25) is 25.0 Å². The van der Waals surface area contributed by atoms with Crippen LogP contribution >= 0.6 is 0 Å². The zero-order valence-corrected chi connectivity index (χ0v) is 17.9. The summed E-state index contributed by atoms with van der Waals surface area (Å²) >= 11 is 0. The van der Waals surface area contributed by atoms with Gasteiger partial charge in [-0.25, -0.2) is 9.97 Å². The van der Waals surface area contributed by atoms with E-state index in [-0.39, 0.29) is 29.2 Å². The molecule has 0 radical (unpaired) electrons. The van der Waals surface area contributed by atoms with E-state index in [0.717, 1.165) is 0 Å². The highest BCUT2D eigenvalue weighted by Gasteiger charge is 2.18. The van der Waals surface area contributed by atoms with Gasteiger partial charge in [0.2, 0.25) is 5.91 Å². The van der Waals surface area contributed by atoms with Crippen molar-refractivity contribution in [1.82, 2.24) is 30.2 Å². The van der Waals surface area contributed by atoms with Crippen LogP contribution < -0.4 is 16.4 Å². The van der Waals surface area contributed by atoms with Gasteiger partial charge in [-0.05, 0) is 12.1 Å². The average Bonchev–Trinajstić information content (AvgIpc) is 3.28. The Hall–Kier alpha value is -4.67. The summed E-state index contributed by atoms with van der Waals surface area (Å²) in [5.41, 5.74) is 9.54. The van der Waals surface area contributed by atoms with E-state index in [4.69, 9.17) is 11.1 Å². The van der Waals surface area contributed by atoms with Crippen molar-refractivity contribution >= 4 is 40.1 Å². The zero-order chi connectivity index (χ0) is 23.5. The van der Waals surface area contributed by atoms with Gasteiger partial charge in [0.1, 0.15) is 17.0 Å². The third kappa shape index (κ3) is 4.24. The number of pyridine rings is 3. The van der Waals surface area contributed by atoms with Crippen molar-refractivity contribution in [3.05, 3.63) is 60.1 Å². The molecule has 2 amide bonds. The molecule has 0 fully saturated rings. The fraction of sp³-hybridized carbons (Fsp3) is 0.136. The third-order valence-electron chi connectivity index (χ3n) is 4.97. The second-order valence-corrected chi connectivity index (χ2v) is 7.14. The Kier molecular flexibility index (Phi) is 5.77. The summed E-state index contributed by atoms with van der Waals surface area (Å²) in [5.74, 6) is -0.0844. The van der Waals surface area contributed by atoms with Gasteiger partial charge in [-0.15, -0.1) is 0 Å². The molecule has 0 aliphatic heterocycles. The number of nitrogens with zero attached hydrogens (tertiary/aromatic N) is 4. The van der Waals surface area contributed by atoms with E-state index in [1.54, 1.807) is 37.6 Å². The molecule has 0 atom stereocenters. The summed E-state index contributed by atoms with van der Waals surface area (Å²) in [6.45, 7) is 1.76. The first kappa shape index (κ1) is 21.6. The van der Waals surface area contributed by atoms with E-state index in [2.05, 4.69) is 35.6 Å². The number of nitrogens with one attached hydrogen (secondary N) is 4. The third-order valence-corrected chi connectivity index (χ3v) is 4.97. The van der Waals surface area contributed by atoms with E-state index in [1.807, 2.05) is 0 Å². The van der Waals surface area contributed by atoms with Crippen LogP contribution in [0.1, 0.15) is 35.1 Å². The number of carbonyl (C=O) groups is 2. The second-order valence-electron chi connectivity index (χ2n) is 7.14. The first-order chi connectivity index (χ1) is 15.9. The molecule has 0 spiro atoms. The van der Waals surface area contributed by atoms with Crippen LogP contribution in [0.3, 0.4) is 0 Å². The molecule has 4 heterocycles. The topological polar surface area (TPSA) is 175 Å². The largest absolute Gasteiger partial charge is 0.383 e. The van der Waals surface area contributed by atoms with Gasteiger partial charge in [0.05, 0.1) is 29.2 Å². The van der Waals surface area contributed by atoms with Gasteiger partial charge >= 0.3 is 0 Å². The molecule has 0 unspecified atom stereocenters. The van der Waals surface area contributed by atoms with Gasteiger partial charge in [0.15, 0.2) is 5.82 Å². The van der Waals surface area contributed by atoms with E-state index in [9.17, 15) is 9.59 Å². The molecule has 33 heavy (non-hydrogen) atoms. The Morgan fingerprint density at radius 1 is 1.06 bits per heavy atom. The van der Waals surface area contributed by atoms with Crippen molar-refractivity contribution in [1.29, 1.82) is 5.41 Å². The van der Waals surface area contributed by atoms with Gasteiger partial charge in [0.25, 0.3) is 5.91 Å². The second kappa shape index (κ2) is 8.83. The number of aromatic nitrogens is 5. The number of H-pyrrole nitrogens is 1. The number of anilines is 2. The molecule has 0 aliphatic carbocycles. The van der Waals surface area contributed by atoms with Crippen molar-refractivity contribution in [2.75, 3.05) is 18.1 Å². The maximum Gasteiger partial charge on any atom is 0.254 e. The van der Waals surface area contributed by atoms with Crippen molar-refractivity contribution < 1.29 is 9.59 Å². The summed E-state index contributed by atoms with van der Waals surface area (Å²) < 4.78 is 0. The minimum Gasteiger partial charge on any atom is -0.383 e. The summed E-state index contributed by atoms with van der Waals surface area (Å²) in [6, 6.07) is 3.47. The predicted octanol–water partition coefficient (Wildman–Crippen LogP) is 2.12. The quantitative estimate of drug-likeness (QED) is 0.283. The number of amides is 2. The Bertz CT molecular complexity index is 1390. The van der Waals surface area contributed by atoms with Crippen molar-refractivity contribution in [3.63, 3.8) is 0 Å². The summed E-state index contributed by atoms with van der Waals surface area (Å²) in [6.07, 6.45) is 8.06. The molecule has 11 heteroatoms. The molecular weight excluding hydrogens is 422 g/mol. The summed E-state index contributed by atoms with van der Waals surface area (Å²) in [7, 11) is 1.52. The van der Waals surface area contributed by atoms with E-state index in [0.29, 0.717) is 45.4 Å². The Balaban J connectivity index is 1.72. The lowest BCUT2D eigenvalue weighted by Gasteiger charge is -2.09. The number of carbonyl (C=O) groups excluding carboxylic acids is 2. The standard InChI is InChI=1S/C22H21N9O2/c1-3-17(32)29-13-4-11(6-26-8-13)12-5-14(20(24)28-7-12)18(23)21-30-16-10-27-9-15(19(16)31-21)22(33)25-2/h4-10,23H,3H2,1-2H3,(H2,24,28)(H,25,33)(H,29,32)(H,30,31). The van der Waals surface area contributed by atoms with Crippen LogP contribution in [0.5, 0.6) is 0 Å². The minimum absolute atomic E-state index is 0.00399. The molecule has 4 aromatic rings. The molecule has 4 rings (SSSR count). The van der Waals surface area contributed by atoms with Crippen LogP contribution in [0.2, 0.25) is 0 Å². The summed E-state index contributed by atoms with van der Waals surface area (Å²) in [4.78, 5) is 43.7. The number of nitrogens with two attached hydrogens (primary N) is 1. The van der Waals surface area contributed by atoms with Crippen LogP contribution in [0.4, 0.5) is 11.5 Å². The SMILES string of the molecule is CCC(=O)Nc1cncc(-c2cnc(N)c(C(=N)c3nc4c(C(=O)NC)cncc4[nH]3)c2)c1. The summed E-state index contributed by atoms with van der Waals surface area (Å²) in [5, 5.41) is 14.0. The highest BCUT2D eigenvalue weighted by atomic mass is 16.2. The molecule has 0 bridgehead atoms. The van der Waals surface area contributed by atoms with E-state index in [1.165, 1.54) is 19.4 Å². The molecular formula is C22H21N9O2. The fourth-order valence-electron chi connectivity index (χ4n) is 3.23. The molecule has 0 saturated heterocycles. The van der Waals surface area contributed by atoms with Gasteiger partial charge in [-0.1, -0.05) is 6.92 Å². The first-order valence-corrected chi connectivity index (χ1v) is 10.1. The van der Waals surface area contributed by atoms with Crippen molar-refractivity contribution in [3.8, 4) is 11.1 Å². The molecule has 0 aliphatic rings. The normalized spacial score (nSPS) is 10.7. The van der Waals surface area contributed by atoms with Crippen LogP contribution in [0.25, 0.3) is 22.2 Å². The average molecular weight is 443 g/mol. The molecule has 11 nitrogen and oxygen atoms in total. The number of hydrogen-bond acceptors (Lipinski definition) is 8. The van der Waals surface area contributed by atoms with Crippen LogP contribution in [-0.2, 0) is 4.79 Å². The lowest BCUT2D eigenvalue weighted by Crippen LogP contribution is -2.18. The Labute approximate surface area is 188 Å². The van der Waals surface area contributed by atoms with Crippen LogP contribution in [0.15, 0.2) is 43.1 Å². The van der Waals surface area contributed by atoms with Crippen LogP contribution in [-0.4, -0.2) is 49.5 Å². The lowest BCUT2D eigenvalue weighted by atomic mass is 10.0. The molecule has 4 aromatic heterocycles. The smallest absolute Gasteiger partial charge is 0.254 e.